The molecular formula is C27H33Cl3N2O4. The van der Waals surface area contributed by atoms with E-state index in [1.54, 1.807) is 12.1 Å². The van der Waals surface area contributed by atoms with Crippen LogP contribution in [0.25, 0.3) is 0 Å². The molecule has 4 rings (SSSR count). The van der Waals surface area contributed by atoms with E-state index in [-0.39, 0.29) is 18.8 Å². The third kappa shape index (κ3) is 7.81. The maximum atomic E-state index is 12.1. The summed E-state index contributed by atoms with van der Waals surface area (Å²) < 4.78 is 10.8. The van der Waals surface area contributed by atoms with Gasteiger partial charge in [-0.25, -0.2) is 0 Å². The number of halogens is 3. The van der Waals surface area contributed by atoms with E-state index < -0.39 is 16.0 Å². The number of aliphatic hydroxyl groups is 1. The number of alkyl halides is 3. The molecule has 3 atom stereocenters. The van der Waals surface area contributed by atoms with Gasteiger partial charge in [0.1, 0.15) is 0 Å². The van der Waals surface area contributed by atoms with E-state index in [0.29, 0.717) is 5.69 Å². The first-order chi connectivity index (χ1) is 17.3. The van der Waals surface area contributed by atoms with Crippen molar-refractivity contribution in [2.75, 3.05) is 25.0 Å². The third-order valence-corrected chi connectivity index (χ3v) is 7.21. The smallest absolute Gasteiger partial charge is 0.276 e. The lowest BCUT2D eigenvalue weighted by Gasteiger charge is -2.39. The molecule has 0 bridgehead atoms. The Balaban J connectivity index is 1.54. The number of nitrogens with zero attached hydrogens (tertiary/aromatic N) is 1. The van der Waals surface area contributed by atoms with Crippen LogP contribution in [0.5, 0.6) is 0 Å². The summed E-state index contributed by atoms with van der Waals surface area (Å²) in [4.78, 5) is 14.7. The molecule has 0 spiro atoms. The molecule has 9 heteroatoms. The first-order valence-electron chi connectivity index (χ1n) is 12.5. The highest BCUT2D eigenvalue weighted by molar-refractivity contribution is 6.76. The van der Waals surface area contributed by atoms with E-state index in [0.717, 1.165) is 42.7 Å². The number of anilines is 1. The second-order valence-electron chi connectivity index (χ2n) is 9.50. The predicted octanol–water partition coefficient (Wildman–Crippen LogP) is 6.30. The van der Waals surface area contributed by atoms with Crippen molar-refractivity contribution in [3.05, 3.63) is 65.2 Å². The molecule has 2 aliphatic rings. The van der Waals surface area contributed by atoms with Crippen LogP contribution >= 0.6 is 34.8 Å². The normalized spacial score (nSPS) is 24.1. The number of carbonyl (C=O) groups excluding carboxylic acids is 1. The van der Waals surface area contributed by atoms with Crippen molar-refractivity contribution in [2.45, 2.75) is 67.4 Å². The summed E-state index contributed by atoms with van der Waals surface area (Å²) in [6, 6.07) is 15.1. The Morgan fingerprint density at radius 2 is 1.67 bits per heavy atom. The number of ether oxygens (including phenoxy) is 2. The maximum Gasteiger partial charge on any atom is 0.276 e. The van der Waals surface area contributed by atoms with Crippen molar-refractivity contribution < 1.29 is 19.4 Å². The molecule has 2 fully saturated rings. The van der Waals surface area contributed by atoms with Crippen LogP contribution in [0.3, 0.4) is 0 Å². The highest BCUT2D eigenvalue weighted by Crippen LogP contribution is 2.39. The molecule has 36 heavy (non-hydrogen) atoms. The Labute approximate surface area is 227 Å². The molecule has 2 N–H and O–H groups in total. The van der Waals surface area contributed by atoms with E-state index >= 15 is 0 Å². The van der Waals surface area contributed by atoms with Crippen LogP contribution in [0.15, 0.2) is 48.5 Å². The molecule has 6 nitrogen and oxygen atoms in total. The molecule has 2 heterocycles. The van der Waals surface area contributed by atoms with Gasteiger partial charge in [-0.3, -0.25) is 4.79 Å². The molecule has 2 aromatic carbocycles. The van der Waals surface area contributed by atoms with Crippen LogP contribution in [0.1, 0.15) is 67.6 Å². The molecule has 2 saturated heterocycles. The lowest BCUT2D eigenvalue weighted by Crippen LogP contribution is -2.40. The Morgan fingerprint density at radius 3 is 2.33 bits per heavy atom. The molecule has 1 amide bonds. The van der Waals surface area contributed by atoms with Gasteiger partial charge in [-0.15, -0.1) is 0 Å². The fraction of sp³-hybridized carbons (Fsp3) is 0.519. The Bertz CT molecular complexity index is 991. The molecule has 0 radical (unpaired) electrons. The van der Waals surface area contributed by atoms with E-state index in [1.165, 1.54) is 32.1 Å². The highest BCUT2D eigenvalue weighted by Gasteiger charge is 2.34. The Kier molecular flexibility index (Phi) is 9.92. The van der Waals surface area contributed by atoms with Gasteiger partial charge in [-0.1, -0.05) is 90.5 Å². The monoisotopic (exact) mass is 554 g/mol. The number of rotatable bonds is 6. The lowest BCUT2D eigenvalue weighted by atomic mass is 9.99. The van der Waals surface area contributed by atoms with Crippen molar-refractivity contribution in [2.24, 2.45) is 0 Å². The summed E-state index contributed by atoms with van der Waals surface area (Å²) in [5, 5.41) is 12.1. The number of aliphatic hydroxyl groups excluding tert-OH is 1. The molecule has 0 saturated carbocycles. The number of amides is 1. The van der Waals surface area contributed by atoms with Crippen molar-refractivity contribution in [1.82, 2.24) is 4.90 Å². The van der Waals surface area contributed by atoms with Crippen LogP contribution in [-0.2, 0) is 20.9 Å². The Morgan fingerprint density at radius 1 is 0.972 bits per heavy atom. The molecule has 0 aromatic heterocycles. The first kappa shape index (κ1) is 27.6. The third-order valence-electron chi connectivity index (χ3n) is 6.70. The van der Waals surface area contributed by atoms with E-state index in [1.807, 2.05) is 36.4 Å². The summed E-state index contributed by atoms with van der Waals surface area (Å²) in [5.41, 5.74) is 3.16. The van der Waals surface area contributed by atoms with Crippen molar-refractivity contribution in [3.8, 4) is 0 Å². The molecule has 0 unspecified atom stereocenters. The number of carbonyl (C=O) groups is 1. The second-order valence-corrected chi connectivity index (χ2v) is 11.8. The topological polar surface area (TPSA) is 71.0 Å². The van der Waals surface area contributed by atoms with E-state index in [4.69, 9.17) is 44.3 Å². The van der Waals surface area contributed by atoms with Gasteiger partial charge in [0.15, 0.2) is 6.29 Å². The molecule has 2 aromatic rings. The van der Waals surface area contributed by atoms with Gasteiger partial charge in [0.2, 0.25) is 0 Å². The number of hydrogen-bond donors (Lipinski definition) is 2. The second kappa shape index (κ2) is 12.9. The van der Waals surface area contributed by atoms with E-state index in [9.17, 15) is 9.90 Å². The Hall–Kier alpha value is -1.38. The van der Waals surface area contributed by atoms with Crippen molar-refractivity contribution in [1.29, 1.82) is 0 Å². The SMILES string of the molecule is O=C(Nc1cccc([C@@H]2O[C@H](CN3CCCCCCC3)C[C@H](c3ccc(CO)cc3)O2)c1)C(Cl)(Cl)Cl. The lowest BCUT2D eigenvalue weighted by molar-refractivity contribution is -0.253. The van der Waals surface area contributed by atoms with Gasteiger partial charge in [0.05, 0.1) is 18.8 Å². The summed E-state index contributed by atoms with van der Waals surface area (Å²) in [5.74, 6) is -0.730. The number of hydrogen-bond acceptors (Lipinski definition) is 5. The molecular weight excluding hydrogens is 523 g/mol. The van der Waals surface area contributed by atoms with Gasteiger partial charge < -0.3 is 24.8 Å². The first-order valence-corrected chi connectivity index (χ1v) is 13.7. The summed E-state index contributed by atoms with van der Waals surface area (Å²) in [6.45, 7) is 3.01. The number of nitrogens with one attached hydrogen (secondary N) is 1. The standard InChI is InChI=1S/C27H33Cl3N2O4/c28-27(29,30)26(34)31-22-8-6-7-21(15-22)25-35-23(17-32-13-4-2-1-3-5-14-32)16-24(36-25)20-11-9-19(18-33)10-12-20/h6-12,15,23-25,33H,1-5,13-14,16-18H2,(H,31,34)/t23-,24+,25+/m0/s1. The molecule has 196 valence electrons. The minimum atomic E-state index is -2.06. The largest absolute Gasteiger partial charge is 0.392 e. The van der Waals surface area contributed by atoms with Crippen molar-refractivity contribution in [3.63, 3.8) is 0 Å². The van der Waals surface area contributed by atoms with Gasteiger partial charge >= 0.3 is 0 Å². The average molecular weight is 556 g/mol. The average Bonchev–Trinajstić information content (AvgIpc) is 2.85. The predicted molar refractivity (Wildman–Crippen MR) is 143 cm³/mol. The fourth-order valence-corrected chi connectivity index (χ4v) is 4.92. The van der Waals surface area contributed by atoms with Crippen LogP contribution in [-0.4, -0.2) is 45.4 Å². The zero-order valence-electron chi connectivity index (χ0n) is 20.2. The summed E-state index contributed by atoms with van der Waals surface area (Å²) in [7, 11) is 0. The van der Waals surface area contributed by atoms with Gasteiger partial charge in [-0.2, -0.15) is 0 Å². The summed E-state index contributed by atoms with van der Waals surface area (Å²) in [6.07, 6.45) is 6.22. The summed E-state index contributed by atoms with van der Waals surface area (Å²) >= 11 is 17.1. The van der Waals surface area contributed by atoms with Gasteiger partial charge in [0, 0.05) is 24.2 Å². The van der Waals surface area contributed by atoms with Gasteiger partial charge in [0.25, 0.3) is 9.70 Å². The number of benzene rings is 2. The minimum Gasteiger partial charge on any atom is -0.392 e. The fourth-order valence-electron chi connectivity index (χ4n) is 4.78. The molecule has 0 aliphatic carbocycles. The minimum absolute atomic E-state index is 0.00182. The zero-order valence-corrected chi connectivity index (χ0v) is 22.4. The quantitative estimate of drug-likeness (QED) is 0.409. The maximum absolute atomic E-state index is 12.1. The van der Waals surface area contributed by atoms with E-state index in [2.05, 4.69) is 10.2 Å². The highest BCUT2D eigenvalue weighted by atomic mass is 35.6. The molecule has 2 aliphatic heterocycles. The van der Waals surface area contributed by atoms with Crippen LogP contribution in [0.2, 0.25) is 0 Å². The number of likely N-dealkylation sites (tertiary alicyclic amines) is 1. The van der Waals surface area contributed by atoms with Crippen LogP contribution in [0.4, 0.5) is 5.69 Å². The van der Waals surface area contributed by atoms with Crippen LogP contribution < -0.4 is 5.32 Å². The zero-order chi connectivity index (χ0) is 25.5. The van der Waals surface area contributed by atoms with Crippen molar-refractivity contribution >= 4 is 46.4 Å². The van der Waals surface area contributed by atoms with Gasteiger partial charge in [-0.05, 0) is 49.2 Å². The van der Waals surface area contributed by atoms with Crippen LogP contribution in [0, 0.1) is 0 Å².